The van der Waals surface area contributed by atoms with Crippen molar-refractivity contribution < 1.29 is 0 Å². The van der Waals surface area contributed by atoms with Gasteiger partial charge in [0.25, 0.3) is 0 Å². The molecule has 0 saturated carbocycles. The second-order valence-corrected chi connectivity index (χ2v) is 7.20. The van der Waals surface area contributed by atoms with Crippen LogP contribution in [-0.4, -0.2) is 22.5 Å². The third-order valence-electron chi connectivity index (χ3n) is 0.894. The van der Waals surface area contributed by atoms with Crippen LogP contribution in [0.2, 0.25) is 3.43 Å². The van der Waals surface area contributed by atoms with Gasteiger partial charge < -0.3 is 0 Å². The average molecular weight is 205 g/mol. The Morgan fingerprint density at radius 1 is 1.43 bits per heavy atom. The third-order valence-corrected chi connectivity index (χ3v) is 1.72. The molecule has 0 heterocycles. The Kier molecular flexibility index (Phi) is 3.29. The van der Waals surface area contributed by atoms with E-state index in [1.165, 1.54) is 35.4 Å². The Morgan fingerprint density at radius 2 is 1.86 bits per heavy atom. The molecule has 0 aliphatic heterocycles. The maximum absolute atomic E-state index is 2.33. The van der Waals surface area contributed by atoms with E-state index in [-0.39, 0.29) is 0 Å². The zero-order valence-corrected chi connectivity index (χ0v) is 8.79. The monoisotopic (exact) mass is 206 g/mol. The van der Waals surface area contributed by atoms with Gasteiger partial charge in [-0.1, -0.05) is 0 Å². The standard InChI is InChI=1S/C6H13.Sn.H/c1-4-5-6(2)3;;/h4-5H2,1-3H3;;. The first-order chi connectivity index (χ1) is 3.06. The Labute approximate surface area is 59.8 Å². The first-order valence-corrected chi connectivity index (χ1v) is 4.50. The van der Waals surface area contributed by atoms with Crippen LogP contribution >= 0.6 is 0 Å². The van der Waals surface area contributed by atoms with Crippen molar-refractivity contribution in [3.05, 3.63) is 0 Å². The molecule has 2 radical (unpaired) electrons. The molecule has 1 heteroatoms. The number of hydrogen-bond acceptors (Lipinski definition) is 0. The van der Waals surface area contributed by atoms with Gasteiger partial charge in [0.2, 0.25) is 0 Å². The zero-order chi connectivity index (χ0) is 5.91. The van der Waals surface area contributed by atoms with E-state index in [1.807, 2.05) is 0 Å². The van der Waals surface area contributed by atoms with E-state index in [4.69, 9.17) is 0 Å². The van der Waals surface area contributed by atoms with Crippen LogP contribution in [0.5, 0.6) is 0 Å². The van der Waals surface area contributed by atoms with Crippen LogP contribution in [0.3, 0.4) is 0 Å². The summed E-state index contributed by atoms with van der Waals surface area (Å²) in [6, 6.07) is 0. The third kappa shape index (κ3) is 6.80. The molecule has 0 amide bonds. The predicted molar refractivity (Wildman–Crippen MR) is 36.1 cm³/mol. The van der Waals surface area contributed by atoms with Crippen LogP contribution in [0.25, 0.3) is 0 Å². The molecule has 0 rings (SSSR count). The van der Waals surface area contributed by atoms with Crippen LogP contribution in [0.4, 0.5) is 0 Å². The Bertz CT molecular complexity index is 42.6. The van der Waals surface area contributed by atoms with Crippen molar-refractivity contribution in [3.63, 3.8) is 0 Å². The van der Waals surface area contributed by atoms with E-state index in [9.17, 15) is 0 Å². The summed E-state index contributed by atoms with van der Waals surface area (Å²) in [5.41, 5.74) is 0. The van der Waals surface area contributed by atoms with Gasteiger partial charge in [-0.2, -0.15) is 0 Å². The van der Waals surface area contributed by atoms with Gasteiger partial charge in [-0.25, -0.2) is 0 Å². The average Bonchev–Trinajstić information content (AvgIpc) is 1.30. The molecule has 0 aliphatic rings. The molecule has 0 fully saturated rings. The van der Waals surface area contributed by atoms with Crippen molar-refractivity contribution >= 4 is 22.5 Å². The van der Waals surface area contributed by atoms with E-state index >= 15 is 0 Å². The van der Waals surface area contributed by atoms with Crippen LogP contribution in [-0.2, 0) is 0 Å². The second-order valence-electron chi connectivity index (χ2n) is 2.74. The summed E-state index contributed by atoms with van der Waals surface area (Å²) in [4.78, 5) is 0. The molecule has 0 aromatic heterocycles. The molecule has 0 aliphatic carbocycles. The summed E-state index contributed by atoms with van der Waals surface area (Å²) < 4.78 is 0.680. The molecule has 0 aromatic carbocycles. The van der Waals surface area contributed by atoms with Crippen molar-refractivity contribution in [1.29, 1.82) is 0 Å². The van der Waals surface area contributed by atoms with Crippen molar-refractivity contribution in [2.45, 2.75) is 37.0 Å². The minimum absolute atomic E-state index is 0.680. The first kappa shape index (κ1) is 7.80. The minimum atomic E-state index is 0.680. The molecule has 0 atom stereocenters. The van der Waals surface area contributed by atoms with E-state index in [0.29, 0.717) is 3.43 Å². The summed E-state index contributed by atoms with van der Waals surface area (Å²) in [6.07, 6.45) is 2.74. The maximum atomic E-state index is 2.33. The molecule has 0 N–H and O–H groups in total. The van der Waals surface area contributed by atoms with Crippen LogP contribution < -0.4 is 0 Å². The molecule has 0 unspecified atom stereocenters. The van der Waals surface area contributed by atoms with E-state index < -0.39 is 0 Å². The zero-order valence-electron chi connectivity index (χ0n) is 5.49. The van der Waals surface area contributed by atoms with Gasteiger partial charge in [0.15, 0.2) is 0 Å². The molecular weight excluding hydrogens is 191 g/mol. The second kappa shape index (κ2) is 2.95. The van der Waals surface area contributed by atoms with E-state index in [2.05, 4.69) is 20.8 Å². The summed E-state index contributed by atoms with van der Waals surface area (Å²) in [6.45, 7) is 6.91. The quantitative estimate of drug-likeness (QED) is 0.603. The van der Waals surface area contributed by atoms with Gasteiger partial charge in [0, 0.05) is 0 Å². The van der Waals surface area contributed by atoms with Gasteiger partial charge in [0.05, 0.1) is 0 Å². The van der Waals surface area contributed by atoms with Gasteiger partial charge >= 0.3 is 59.6 Å². The SMILES string of the molecule is CCC[C](C)(C)[SnH]. The molecule has 0 saturated heterocycles. The molecule has 7 heavy (non-hydrogen) atoms. The van der Waals surface area contributed by atoms with E-state index in [1.54, 1.807) is 0 Å². The van der Waals surface area contributed by atoms with Crippen molar-refractivity contribution in [1.82, 2.24) is 0 Å². The number of hydrogen-bond donors (Lipinski definition) is 0. The normalized spacial score (nSPS) is 12.0. The van der Waals surface area contributed by atoms with Gasteiger partial charge in [0.1, 0.15) is 0 Å². The fourth-order valence-electron chi connectivity index (χ4n) is 0.644. The van der Waals surface area contributed by atoms with Crippen molar-refractivity contribution in [2.24, 2.45) is 0 Å². The fraction of sp³-hybridized carbons (Fsp3) is 1.00. The van der Waals surface area contributed by atoms with Gasteiger partial charge in [-0.3, -0.25) is 0 Å². The number of rotatable bonds is 2. The van der Waals surface area contributed by atoms with Gasteiger partial charge in [-0.15, -0.1) is 0 Å². The van der Waals surface area contributed by atoms with Crippen molar-refractivity contribution in [2.75, 3.05) is 0 Å². The molecule has 42 valence electrons. The summed E-state index contributed by atoms with van der Waals surface area (Å²) >= 11 is 1.40. The van der Waals surface area contributed by atoms with Crippen molar-refractivity contribution in [3.8, 4) is 0 Å². The summed E-state index contributed by atoms with van der Waals surface area (Å²) in [5.74, 6) is 0. The molecule has 0 bridgehead atoms. The Balaban J connectivity index is 3.15. The predicted octanol–water partition coefficient (Wildman–Crippen LogP) is 1.89. The van der Waals surface area contributed by atoms with Crippen LogP contribution in [0, 0.1) is 0 Å². The van der Waals surface area contributed by atoms with Gasteiger partial charge in [-0.05, 0) is 0 Å². The topological polar surface area (TPSA) is 0 Å². The molecule has 0 spiro atoms. The Hall–Kier alpha value is 0.799. The summed E-state index contributed by atoms with van der Waals surface area (Å²) in [5, 5.41) is 0. The van der Waals surface area contributed by atoms with Crippen LogP contribution in [0.1, 0.15) is 33.6 Å². The fourth-order valence-corrected chi connectivity index (χ4v) is 1.47. The molecule has 0 nitrogen and oxygen atoms in total. The summed E-state index contributed by atoms with van der Waals surface area (Å²) in [7, 11) is 0. The van der Waals surface area contributed by atoms with Crippen LogP contribution in [0.15, 0.2) is 0 Å². The Morgan fingerprint density at radius 3 is 1.86 bits per heavy atom. The molecule has 0 aromatic rings. The first-order valence-electron chi connectivity index (χ1n) is 2.85. The molecular formula is C6H14Sn. The van der Waals surface area contributed by atoms with E-state index in [0.717, 1.165) is 0 Å².